The van der Waals surface area contributed by atoms with Gasteiger partial charge >= 0.3 is 0 Å². The fourth-order valence-corrected chi connectivity index (χ4v) is 5.22. The number of hydrogen-bond donors (Lipinski definition) is 0. The minimum absolute atomic E-state index is 0.276. The Morgan fingerprint density at radius 3 is 2.52 bits per heavy atom. The van der Waals surface area contributed by atoms with Gasteiger partial charge in [-0.15, -0.1) is 0 Å². The Hall–Kier alpha value is -2.47. The quantitative estimate of drug-likeness (QED) is 0.804. The summed E-state index contributed by atoms with van der Waals surface area (Å²) in [6.45, 7) is 4.53. The molecule has 2 fully saturated rings. The number of fused-ring (bicyclic) bond motifs is 1. The van der Waals surface area contributed by atoms with Crippen LogP contribution in [0.15, 0.2) is 36.7 Å². The smallest absolute Gasteiger partial charge is 0.233 e. The van der Waals surface area contributed by atoms with Crippen molar-refractivity contribution in [2.75, 3.05) is 37.7 Å². The highest BCUT2D eigenvalue weighted by molar-refractivity contribution is 5.89. The van der Waals surface area contributed by atoms with Crippen molar-refractivity contribution in [2.45, 2.75) is 44.1 Å². The highest BCUT2D eigenvalue weighted by Crippen LogP contribution is 2.43. The monoisotopic (exact) mass is 392 g/mol. The van der Waals surface area contributed by atoms with Gasteiger partial charge in [0.25, 0.3) is 0 Å². The average molecular weight is 393 g/mol. The maximum atomic E-state index is 13.8. The van der Waals surface area contributed by atoms with Crippen LogP contribution in [0.25, 0.3) is 0 Å². The van der Waals surface area contributed by atoms with Crippen LogP contribution in [0.4, 0.5) is 5.82 Å². The zero-order valence-electron chi connectivity index (χ0n) is 16.8. The van der Waals surface area contributed by atoms with E-state index in [1.54, 1.807) is 6.33 Å². The van der Waals surface area contributed by atoms with E-state index in [1.165, 1.54) is 11.1 Å². The number of carbonyl (C=O) groups is 1. The molecule has 0 spiro atoms. The van der Waals surface area contributed by atoms with Gasteiger partial charge < -0.3 is 14.5 Å². The van der Waals surface area contributed by atoms with E-state index in [9.17, 15) is 4.79 Å². The molecule has 6 heteroatoms. The molecule has 6 nitrogen and oxygen atoms in total. The number of morpholine rings is 1. The highest BCUT2D eigenvalue weighted by atomic mass is 16.5. The number of rotatable bonds is 3. The van der Waals surface area contributed by atoms with Crippen LogP contribution in [0.1, 0.15) is 42.5 Å². The summed E-state index contributed by atoms with van der Waals surface area (Å²) < 4.78 is 5.49. The second-order valence-electron chi connectivity index (χ2n) is 8.35. The van der Waals surface area contributed by atoms with Crippen molar-refractivity contribution in [1.29, 1.82) is 0 Å². The molecule has 0 atom stereocenters. The number of aromatic nitrogens is 2. The first-order chi connectivity index (χ1) is 14.3. The summed E-state index contributed by atoms with van der Waals surface area (Å²) >= 11 is 0. The minimum Gasteiger partial charge on any atom is -0.378 e. The van der Waals surface area contributed by atoms with Crippen molar-refractivity contribution in [1.82, 2.24) is 14.9 Å². The third-order valence-corrected chi connectivity index (χ3v) is 6.77. The van der Waals surface area contributed by atoms with E-state index < -0.39 is 0 Å². The van der Waals surface area contributed by atoms with Crippen LogP contribution in [0, 0.1) is 0 Å². The van der Waals surface area contributed by atoms with Gasteiger partial charge in [0.15, 0.2) is 0 Å². The first-order valence-corrected chi connectivity index (χ1v) is 10.8. The van der Waals surface area contributed by atoms with E-state index in [4.69, 9.17) is 4.74 Å². The third-order valence-electron chi connectivity index (χ3n) is 6.77. The summed E-state index contributed by atoms with van der Waals surface area (Å²) in [5.41, 5.74) is 3.02. The summed E-state index contributed by atoms with van der Waals surface area (Å²) in [5, 5.41) is 0. The lowest BCUT2D eigenvalue weighted by Crippen LogP contribution is -2.48. The van der Waals surface area contributed by atoms with Crippen LogP contribution in [0.3, 0.4) is 0 Å². The Bertz CT molecular complexity index is 874. The topological polar surface area (TPSA) is 58.6 Å². The molecule has 1 saturated heterocycles. The molecule has 5 rings (SSSR count). The first kappa shape index (κ1) is 18.6. The zero-order chi connectivity index (χ0) is 19.7. The molecule has 1 aliphatic carbocycles. The van der Waals surface area contributed by atoms with E-state index in [-0.39, 0.29) is 11.3 Å². The fraction of sp³-hybridized carbons (Fsp3) is 0.522. The molecule has 29 heavy (non-hydrogen) atoms. The number of ether oxygens (including phenoxy) is 1. The molecule has 1 aromatic heterocycles. The number of benzene rings is 1. The molecular formula is C23H28N4O2. The number of hydrogen-bond acceptors (Lipinski definition) is 5. The summed E-state index contributed by atoms with van der Waals surface area (Å²) in [4.78, 5) is 27.3. The Balaban J connectivity index is 1.41. The lowest BCUT2D eigenvalue weighted by Gasteiger charge is -2.38. The Morgan fingerprint density at radius 2 is 1.76 bits per heavy atom. The molecule has 1 amide bonds. The number of amides is 1. The molecule has 2 aromatic rings. The minimum atomic E-state index is -0.362. The molecule has 3 aliphatic rings. The molecule has 0 bridgehead atoms. The van der Waals surface area contributed by atoms with Gasteiger partial charge in [0.05, 0.1) is 30.9 Å². The van der Waals surface area contributed by atoms with Crippen LogP contribution >= 0.6 is 0 Å². The maximum Gasteiger partial charge on any atom is 0.233 e. The van der Waals surface area contributed by atoms with Crippen LogP contribution in [-0.2, 0) is 27.9 Å². The molecule has 1 saturated carbocycles. The van der Waals surface area contributed by atoms with Gasteiger partial charge in [-0.05, 0) is 24.8 Å². The van der Waals surface area contributed by atoms with Gasteiger partial charge in [-0.1, -0.05) is 43.2 Å². The van der Waals surface area contributed by atoms with Gasteiger partial charge in [0.1, 0.15) is 12.1 Å². The van der Waals surface area contributed by atoms with E-state index in [2.05, 4.69) is 39.1 Å². The van der Waals surface area contributed by atoms with Crippen molar-refractivity contribution in [2.24, 2.45) is 0 Å². The summed E-state index contributed by atoms with van der Waals surface area (Å²) in [6, 6.07) is 10.4. The van der Waals surface area contributed by atoms with Crippen molar-refractivity contribution in [3.05, 3.63) is 53.5 Å². The molecule has 152 valence electrons. The van der Waals surface area contributed by atoms with E-state index in [0.29, 0.717) is 6.54 Å². The lowest BCUT2D eigenvalue weighted by molar-refractivity contribution is -0.138. The first-order valence-electron chi connectivity index (χ1n) is 10.8. The summed E-state index contributed by atoms with van der Waals surface area (Å²) in [5.74, 6) is 1.31. The molecule has 1 aromatic carbocycles. The number of carbonyl (C=O) groups excluding carboxylic acids is 1. The van der Waals surface area contributed by atoms with Gasteiger partial charge in [-0.25, -0.2) is 9.97 Å². The van der Waals surface area contributed by atoms with E-state index in [0.717, 1.165) is 76.5 Å². The second-order valence-corrected chi connectivity index (χ2v) is 8.35. The zero-order valence-corrected chi connectivity index (χ0v) is 16.8. The Labute approximate surface area is 171 Å². The van der Waals surface area contributed by atoms with Crippen LogP contribution < -0.4 is 4.90 Å². The molecule has 3 heterocycles. The van der Waals surface area contributed by atoms with Crippen LogP contribution in [-0.4, -0.2) is 53.6 Å². The maximum absolute atomic E-state index is 13.8. The molecule has 0 unspecified atom stereocenters. The van der Waals surface area contributed by atoms with Crippen LogP contribution in [0.5, 0.6) is 0 Å². The third kappa shape index (κ3) is 3.29. The molecule has 0 radical (unpaired) electrons. The predicted molar refractivity (Wildman–Crippen MR) is 111 cm³/mol. The van der Waals surface area contributed by atoms with Gasteiger partial charge in [-0.2, -0.15) is 0 Å². The average Bonchev–Trinajstić information content (AvgIpc) is 3.30. The van der Waals surface area contributed by atoms with Crippen LogP contribution in [0.2, 0.25) is 0 Å². The highest BCUT2D eigenvalue weighted by Gasteiger charge is 2.45. The standard InChI is InChI=1S/C23H28N4O2/c28-22(23(9-4-5-10-23)18-6-2-1-3-7-18)27-11-8-19-20(16-27)24-17-25-21(19)26-12-14-29-15-13-26/h1-3,6-7,17H,4-5,8-16H2. The fourth-order valence-electron chi connectivity index (χ4n) is 5.22. The van der Waals surface area contributed by atoms with Crippen molar-refractivity contribution >= 4 is 11.7 Å². The van der Waals surface area contributed by atoms with Gasteiger partial charge in [-0.3, -0.25) is 4.79 Å². The second kappa shape index (κ2) is 7.75. The molecule has 2 aliphatic heterocycles. The van der Waals surface area contributed by atoms with E-state index in [1.807, 2.05) is 11.0 Å². The summed E-state index contributed by atoms with van der Waals surface area (Å²) in [6.07, 6.45) is 6.60. The van der Waals surface area contributed by atoms with Gasteiger partial charge in [0, 0.05) is 25.2 Å². The van der Waals surface area contributed by atoms with E-state index >= 15 is 0 Å². The molecular weight excluding hydrogens is 364 g/mol. The number of anilines is 1. The molecule has 0 N–H and O–H groups in total. The normalized spacial score (nSPS) is 21.1. The Morgan fingerprint density at radius 1 is 1.00 bits per heavy atom. The van der Waals surface area contributed by atoms with Crippen molar-refractivity contribution < 1.29 is 9.53 Å². The SMILES string of the molecule is O=C(N1CCc2c(ncnc2N2CCOCC2)C1)C1(c2ccccc2)CCCC1. The van der Waals surface area contributed by atoms with Gasteiger partial charge in [0.2, 0.25) is 5.91 Å². The summed E-state index contributed by atoms with van der Waals surface area (Å²) in [7, 11) is 0. The van der Waals surface area contributed by atoms with Crippen molar-refractivity contribution in [3.63, 3.8) is 0 Å². The van der Waals surface area contributed by atoms with Crippen molar-refractivity contribution in [3.8, 4) is 0 Å². The lowest BCUT2D eigenvalue weighted by atomic mass is 9.77. The number of nitrogens with zero attached hydrogens (tertiary/aromatic N) is 4. The predicted octanol–water partition coefficient (Wildman–Crippen LogP) is 2.71. The Kier molecular flexibility index (Phi) is 4.96. The largest absolute Gasteiger partial charge is 0.378 e.